The molecule has 0 radical (unpaired) electrons. The number of hydrogen-bond acceptors (Lipinski definition) is 5. The Morgan fingerprint density at radius 1 is 1.60 bits per heavy atom. The number of unbranched alkanes of at least 4 members (excludes halogenated alkanes) is 1. The van der Waals surface area contributed by atoms with Gasteiger partial charge in [-0.2, -0.15) is 4.98 Å². The fourth-order valence-electron chi connectivity index (χ4n) is 1.11. The van der Waals surface area contributed by atoms with Crippen LogP contribution in [0.25, 0.3) is 0 Å². The number of aryl methyl sites for hydroxylation is 1. The Morgan fingerprint density at radius 3 is 2.87 bits per heavy atom. The molecular weight excluding hydrogens is 196 g/mol. The second-order valence-corrected chi connectivity index (χ2v) is 3.42. The van der Waals surface area contributed by atoms with Gasteiger partial charge in [-0.15, -0.1) is 0 Å². The molecule has 0 aliphatic carbocycles. The van der Waals surface area contributed by atoms with Crippen molar-refractivity contribution in [1.29, 1.82) is 0 Å². The van der Waals surface area contributed by atoms with Gasteiger partial charge in [-0.25, -0.2) is 0 Å². The van der Waals surface area contributed by atoms with Crippen LogP contribution >= 0.6 is 0 Å². The van der Waals surface area contributed by atoms with E-state index in [1.165, 1.54) is 0 Å². The molecule has 1 atom stereocenters. The predicted octanol–water partition coefficient (Wildman–Crippen LogP) is 2.17. The van der Waals surface area contributed by atoms with Crippen molar-refractivity contribution in [1.82, 2.24) is 10.1 Å². The Morgan fingerprint density at radius 2 is 2.33 bits per heavy atom. The van der Waals surface area contributed by atoms with Crippen LogP contribution in [0.15, 0.2) is 4.52 Å². The Bertz CT molecular complexity index is 322. The number of ether oxygens (including phenoxy) is 1. The maximum Gasteiger partial charge on any atom is 0.306 e. The highest BCUT2D eigenvalue weighted by molar-refractivity contribution is 5.69. The molecule has 0 amide bonds. The van der Waals surface area contributed by atoms with Gasteiger partial charge < -0.3 is 9.26 Å². The minimum absolute atomic E-state index is 0.222. The maximum atomic E-state index is 11.3. The first-order valence-electron chi connectivity index (χ1n) is 5.13. The largest absolute Gasteiger partial charge is 0.453 e. The molecule has 0 spiro atoms. The highest BCUT2D eigenvalue weighted by atomic mass is 16.6. The Hall–Kier alpha value is -1.39. The Kier molecular flexibility index (Phi) is 4.27. The molecule has 0 aliphatic rings. The fourth-order valence-corrected chi connectivity index (χ4v) is 1.11. The fraction of sp³-hybridized carbons (Fsp3) is 0.700. The van der Waals surface area contributed by atoms with Crippen molar-refractivity contribution < 1.29 is 14.1 Å². The summed E-state index contributed by atoms with van der Waals surface area (Å²) in [6.45, 7) is 5.47. The number of carbonyl (C=O) groups excluding carboxylic acids is 1. The molecule has 0 N–H and O–H groups in total. The van der Waals surface area contributed by atoms with Gasteiger partial charge in [-0.05, 0) is 20.3 Å². The summed E-state index contributed by atoms with van der Waals surface area (Å²) in [5.74, 6) is 0.666. The molecular formula is C10H16N2O3. The van der Waals surface area contributed by atoms with Crippen molar-refractivity contribution in [3.63, 3.8) is 0 Å². The van der Waals surface area contributed by atoms with Crippen molar-refractivity contribution >= 4 is 5.97 Å². The summed E-state index contributed by atoms with van der Waals surface area (Å²) in [6, 6.07) is 0. The summed E-state index contributed by atoms with van der Waals surface area (Å²) in [7, 11) is 0. The maximum absolute atomic E-state index is 11.3. The van der Waals surface area contributed by atoms with Crippen LogP contribution in [0.4, 0.5) is 0 Å². The van der Waals surface area contributed by atoms with E-state index in [2.05, 4.69) is 10.1 Å². The van der Waals surface area contributed by atoms with E-state index in [-0.39, 0.29) is 5.97 Å². The lowest BCUT2D eigenvalue weighted by atomic mass is 10.2. The van der Waals surface area contributed by atoms with E-state index < -0.39 is 6.10 Å². The van der Waals surface area contributed by atoms with E-state index in [0.29, 0.717) is 18.1 Å². The van der Waals surface area contributed by atoms with E-state index in [4.69, 9.17) is 9.26 Å². The first-order chi connectivity index (χ1) is 7.13. The number of hydrogen-bond donors (Lipinski definition) is 0. The van der Waals surface area contributed by atoms with Gasteiger partial charge >= 0.3 is 5.97 Å². The summed E-state index contributed by atoms with van der Waals surface area (Å²) in [6.07, 6.45) is 1.79. The Balaban J connectivity index is 2.41. The second-order valence-electron chi connectivity index (χ2n) is 3.42. The van der Waals surface area contributed by atoms with E-state index >= 15 is 0 Å². The topological polar surface area (TPSA) is 65.2 Å². The molecule has 0 aliphatic heterocycles. The van der Waals surface area contributed by atoms with Gasteiger partial charge in [0.1, 0.15) is 0 Å². The number of carbonyl (C=O) groups is 1. The van der Waals surface area contributed by atoms with Crippen LogP contribution < -0.4 is 0 Å². The predicted molar refractivity (Wildman–Crippen MR) is 53.1 cm³/mol. The van der Waals surface area contributed by atoms with Gasteiger partial charge in [0.2, 0.25) is 0 Å². The second kappa shape index (κ2) is 5.48. The SMILES string of the molecule is CCCCC(=O)OC(C)c1nc(C)no1. The van der Waals surface area contributed by atoms with E-state index in [1.807, 2.05) is 6.92 Å². The quantitative estimate of drug-likeness (QED) is 0.700. The minimum atomic E-state index is -0.462. The summed E-state index contributed by atoms with van der Waals surface area (Å²) < 4.78 is 10.0. The van der Waals surface area contributed by atoms with Crippen LogP contribution in [0.2, 0.25) is 0 Å². The van der Waals surface area contributed by atoms with Crippen molar-refractivity contribution in [2.75, 3.05) is 0 Å². The lowest BCUT2D eigenvalue weighted by Gasteiger charge is -2.08. The molecule has 0 saturated carbocycles. The Labute approximate surface area is 88.8 Å². The standard InChI is InChI=1S/C10H16N2O3/c1-4-5-6-9(13)14-7(2)10-11-8(3)12-15-10/h7H,4-6H2,1-3H3. The highest BCUT2D eigenvalue weighted by Crippen LogP contribution is 2.15. The zero-order valence-electron chi connectivity index (χ0n) is 9.32. The molecule has 1 heterocycles. The van der Waals surface area contributed by atoms with Crippen molar-refractivity contribution in [2.24, 2.45) is 0 Å². The van der Waals surface area contributed by atoms with Gasteiger partial charge in [-0.1, -0.05) is 18.5 Å². The lowest BCUT2D eigenvalue weighted by molar-refractivity contribution is -0.149. The highest BCUT2D eigenvalue weighted by Gasteiger charge is 2.16. The van der Waals surface area contributed by atoms with Gasteiger partial charge in [0.15, 0.2) is 11.9 Å². The molecule has 5 nitrogen and oxygen atoms in total. The molecule has 0 aromatic carbocycles. The molecule has 0 fully saturated rings. The van der Waals surface area contributed by atoms with E-state index in [9.17, 15) is 4.79 Å². The third-order valence-corrected chi connectivity index (χ3v) is 1.93. The molecule has 15 heavy (non-hydrogen) atoms. The smallest absolute Gasteiger partial charge is 0.306 e. The molecule has 1 unspecified atom stereocenters. The zero-order chi connectivity index (χ0) is 11.3. The normalized spacial score (nSPS) is 12.5. The number of rotatable bonds is 5. The molecule has 1 rings (SSSR count). The molecule has 0 bridgehead atoms. The van der Waals surface area contributed by atoms with Crippen LogP contribution in [-0.4, -0.2) is 16.1 Å². The molecule has 1 aromatic rings. The number of nitrogens with zero attached hydrogens (tertiary/aromatic N) is 2. The van der Waals surface area contributed by atoms with Crippen molar-refractivity contribution in [2.45, 2.75) is 46.1 Å². The summed E-state index contributed by atoms with van der Waals surface area (Å²) in [5.41, 5.74) is 0. The monoisotopic (exact) mass is 212 g/mol. The van der Waals surface area contributed by atoms with Crippen LogP contribution in [0, 0.1) is 6.92 Å². The third-order valence-electron chi connectivity index (χ3n) is 1.93. The molecule has 0 saturated heterocycles. The average Bonchev–Trinajstić information content (AvgIpc) is 2.61. The van der Waals surface area contributed by atoms with Gasteiger partial charge in [0, 0.05) is 6.42 Å². The minimum Gasteiger partial charge on any atom is -0.453 e. The zero-order valence-corrected chi connectivity index (χ0v) is 9.32. The van der Waals surface area contributed by atoms with Crippen molar-refractivity contribution in [3.8, 4) is 0 Å². The van der Waals surface area contributed by atoms with Gasteiger partial charge in [0.05, 0.1) is 0 Å². The first-order valence-corrected chi connectivity index (χ1v) is 5.13. The molecule has 84 valence electrons. The molecule has 1 aromatic heterocycles. The van der Waals surface area contributed by atoms with Crippen LogP contribution in [0.1, 0.15) is 50.9 Å². The summed E-state index contributed by atoms with van der Waals surface area (Å²) >= 11 is 0. The number of aromatic nitrogens is 2. The molecule has 5 heteroatoms. The third kappa shape index (κ3) is 3.69. The average molecular weight is 212 g/mol. The van der Waals surface area contributed by atoms with E-state index in [1.54, 1.807) is 13.8 Å². The summed E-state index contributed by atoms with van der Waals surface area (Å²) in [4.78, 5) is 15.3. The van der Waals surface area contributed by atoms with Crippen LogP contribution in [0.3, 0.4) is 0 Å². The van der Waals surface area contributed by atoms with Crippen LogP contribution in [0.5, 0.6) is 0 Å². The van der Waals surface area contributed by atoms with Crippen LogP contribution in [-0.2, 0) is 9.53 Å². The number of esters is 1. The van der Waals surface area contributed by atoms with Gasteiger partial charge in [-0.3, -0.25) is 4.79 Å². The lowest BCUT2D eigenvalue weighted by Crippen LogP contribution is -2.08. The van der Waals surface area contributed by atoms with Gasteiger partial charge in [0.25, 0.3) is 5.89 Å². The van der Waals surface area contributed by atoms with E-state index in [0.717, 1.165) is 12.8 Å². The van der Waals surface area contributed by atoms with Crippen molar-refractivity contribution in [3.05, 3.63) is 11.7 Å². The first kappa shape index (κ1) is 11.7. The summed E-state index contributed by atoms with van der Waals surface area (Å²) in [5, 5.41) is 3.63.